The van der Waals surface area contributed by atoms with Crippen LogP contribution < -0.4 is 5.32 Å². The molecule has 0 bridgehead atoms. The lowest BCUT2D eigenvalue weighted by atomic mass is 10.1. The summed E-state index contributed by atoms with van der Waals surface area (Å²) in [5.41, 5.74) is 2.59. The number of fused-ring (bicyclic) bond motifs is 1. The SMILES string of the molecule is CS(=O)(=O)c1ccc(CCCNC(=O)c2cncc3c2cnn3-c2ccc(F)cc2)cn1. The minimum Gasteiger partial charge on any atom is -0.352 e. The number of nitrogens with one attached hydrogen (secondary N) is 1. The summed E-state index contributed by atoms with van der Waals surface area (Å²) in [6.45, 7) is 0.426. The zero-order chi connectivity index (χ0) is 22.7. The summed E-state index contributed by atoms with van der Waals surface area (Å²) in [6, 6.07) is 9.10. The molecule has 0 fully saturated rings. The molecule has 0 aliphatic heterocycles. The van der Waals surface area contributed by atoms with E-state index in [4.69, 9.17) is 0 Å². The first-order chi connectivity index (χ1) is 15.3. The number of aromatic nitrogens is 4. The average molecular weight is 453 g/mol. The number of aryl methyl sites for hydroxylation is 1. The number of benzene rings is 1. The quantitative estimate of drug-likeness (QED) is 0.431. The van der Waals surface area contributed by atoms with Gasteiger partial charge in [-0.25, -0.2) is 22.5 Å². The molecule has 3 aromatic heterocycles. The smallest absolute Gasteiger partial charge is 0.253 e. The highest BCUT2D eigenvalue weighted by molar-refractivity contribution is 7.90. The van der Waals surface area contributed by atoms with Gasteiger partial charge < -0.3 is 5.32 Å². The molecule has 3 heterocycles. The van der Waals surface area contributed by atoms with Crippen LogP contribution in [0.15, 0.2) is 66.2 Å². The number of halogens is 1. The third-order valence-corrected chi connectivity index (χ3v) is 5.92. The summed E-state index contributed by atoms with van der Waals surface area (Å²) in [6.07, 6.45) is 8.63. The third-order valence-electron chi connectivity index (χ3n) is 4.92. The zero-order valence-corrected chi connectivity index (χ0v) is 18.0. The Balaban J connectivity index is 1.40. The molecule has 0 aliphatic rings. The molecular weight excluding hydrogens is 433 g/mol. The summed E-state index contributed by atoms with van der Waals surface area (Å²) in [5, 5.41) is 7.87. The summed E-state index contributed by atoms with van der Waals surface area (Å²) in [5.74, 6) is -0.613. The first kappa shape index (κ1) is 21.6. The standard InChI is InChI=1S/C22H20FN5O3S/c1-32(30,31)21-9-4-15(11-26-21)3-2-10-25-22(29)19-12-24-14-20-18(19)13-27-28(20)17-7-5-16(23)6-8-17/h4-9,11-14H,2-3,10H2,1H3,(H,25,29). The number of amides is 1. The Morgan fingerprint density at radius 3 is 2.53 bits per heavy atom. The largest absolute Gasteiger partial charge is 0.352 e. The zero-order valence-electron chi connectivity index (χ0n) is 17.2. The van der Waals surface area contributed by atoms with Crippen molar-refractivity contribution in [2.24, 2.45) is 0 Å². The number of carbonyl (C=O) groups is 1. The van der Waals surface area contributed by atoms with Crippen LogP contribution in [0.1, 0.15) is 22.3 Å². The van der Waals surface area contributed by atoms with Crippen LogP contribution in [0.2, 0.25) is 0 Å². The van der Waals surface area contributed by atoms with E-state index in [2.05, 4.69) is 20.4 Å². The van der Waals surface area contributed by atoms with Gasteiger partial charge in [0.2, 0.25) is 0 Å². The third kappa shape index (κ3) is 4.65. The van der Waals surface area contributed by atoms with Crippen molar-refractivity contribution in [3.05, 3.63) is 78.1 Å². The highest BCUT2D eigenvalue weighted by Crippen LogP contribution is 2.21. The van der Waals surface area contributed by atoms with Crippen molar-refractivity contribution in [3.63, 3.8) is 0 Å². The number of carbonyl (C=O) groups excluding carboxylic acids is 1. The highest BCUT2D eigenvalue weighted by atomic mass is 32.2. The molecule has 0 saturated carbocycles. The number of sulfone groups is 1. The molecule has 0 unspecified atom stereocenters. The Morgan fingerprint density at radius 1 is 1.06 bits per heavy atom. The van der Waals surface area contributed by atoms with Crippen molar-refractivity contribution in [2.45, 2.75) is 17.9 Å². The van der Waals surface area contributed by atoms with Gasteiger partial charge in [0.15, 0.2) is 14.9 Å². The van der Waals surface area contributed by atoms with Gasteiger partial charge in [-0.05, 0) is 48.7 Å². The van der Waals surface area contributed by atoms with Crippen LogP contribution in [0.4, 0.5) is 4.39 Å². The van der Waals surface area contributed by atoms with Gasteiger partial charge in [-0.2, -0.15) is 5.10 Å². The molecule has 8 nitrogen and oxygen atoms in total. The molecule has 1 amide bonds. The fourth-order valence-corrected chi connectivity index (χ4v) is 3.84. The number of hydrogen-bond donors (Lipinski definition) is 1. The van der Waals surface area contributed by atoms with E-state index < -0.39 is 9.84 Å². The first-order valence-electron chi connectivity index (χ1n) is 9.84. The second-order valence-corrected chi connectivity index (χ2v) is 9.25. The maximum atomic E-state index is 13.2. The minimum atomic E-state index is -3.32. The van der Waals surface area contributed by atoms with Crippen LogP contribution in [0.3, 0.4) is 0 Å². The van der Waals surface area contributed by atoms with Crippen molar-refractivity contribution in [1.29, 1.82) is 0 Å². The lowest BCUT2D eigenvalue weighted by molar-refractivity contribution is 0.0954. The second kappa shape index (κ2) is 8.83. The van der Waals surface area contributed by atoms with Crippen molar-refractivity contribution in [1.82, 2.24) is 25.1 Å². The Hall–Kier alpha value is -3.66. The predicted octanol–water partition coefficient (Wildman–Crippen LogP) is 2.72. The molecule has 4 aromatic rings. The molecular formula is C22H20FN5O3S. The van der Waals surface area contributed by atoms with Crippen molar-refractivity contribution < 1.29 is 17.6 Å². The van der Waals surface area contributed by atoms with Crippen LogP contribution in [0.5, 0.6) is 0 Å². The van der Waals surface area contributed by atoms with Crippen LogP contribution in [0, 0.1) is 5.82 Å². The lowest BCUT2D eigenvalue weighted by Gasteiger charge is -2.07. The Kier molecular flexibility index (Phi) is 5.95. The summed E-state index contributed by atoms with van der Waals surface area (Å²) in [4.78, 5) is 20.8. The molecule has 10 heteroatoms. The van der Waals surface area contributed by atoms with E-state index in [0.717, 1.165) is 11.8 Å². The molecule has 0 saturated heterocycles. The topological polar surface area (TPSA) is 107 Å². The second-order valence-electron chi connectivity index (χ2n) is 7.29. The summed E-state index contributed by atoms with van der Waals surface area (Å²) in [7, 11) is -3.32. The van der Waals surface area contributed by atoms with E-state index in [9.17, 15) is 17.6 Å². The Labute approximate surface area is 184 Å². The van der Waals surface area contributed by atoms with E-state index in [1.807, 2.05) is 0 Å². The number of rotatable bonds is 7. The van der Waals surface area contributed by atoms with Crippen LogP contribution in [-0.2, 0) is 16.3 Å². The molecule has 0 aliphatic carbocycles. The van der Waals surface area contributed by atoms with E-state index in [1.54, 1.807) is 35.3 Å². The normalized spacial score (nSPS) is 11.6. The van der Waals surface area contributed by atoms with Gasteiger partial charge >= 0.3 is 0 Å². The van der Waals surface area contributed by atoms with Gasteiger partial charge in [-0.15, -0.1) is 0 Å². The van der Waals surface area contributed by atoms with Crippen molar-refractivity contribution in [3.8, 4) is 5.69 Å². The fraction of sp³-hybridized carbons (Fsp3) is 0.182. The summed E-state index contributed by atoms with van der Waals surface area (Å²) < 4.78 is 37.7. The number of nitrogens with zero attached hydrogens (tertiary/aromatic N) is 4. The van der Waals surface area contributed by atoms with Crippen LogP contribution in [-0.4, -0.2) is 46.9 Å². The van der Waals surface area contributed by atoms with Gasteiger partial charge in [-0.3, -0.25) is 9.78 Å². The van der Waals surface area contributed by atoms with Crippen molar-refractivity contribution in [2.75, 3.05) is 12.8 Å². The molecule has 1 aromatic carbocycles. The fourth-order valence-electron chi connectivity index (χ4n) is 3.28. The van der Waals surface area contributed by atoms with E-state index >= 15 is 0 Å². The van der Waals surface area contributed by atoms with Crippen LogP contribution in [0.25, 0.3) is 16.6 Å². The molecule has 0 spiro atoms. The molecule has 1 N–H and O–H groups in total. The van der Waals surface area contributed by atoms with Gasteiger partial charge in [0.05, 0.1) is 29.2 Å². The lowest BCUT2D eigenvalue weighted by Crippen LogP contribution is -2.25. The number of pyridine rings is 2. The Bertz CT molecular complexity index is 1370. The van der Waals surface area contributed by atoms with Gasteiger partial charge in [0, 0.05) is 30.6 Å². The maximum absolute atomic E-state index is 13.2. The summed E-state index contributed by atoms with van der Waals surface area (Å²) >= 11 is 0. The predicted molar refractivity (Wildman–Crippen MR) is 117 cm³/mol. The minimum absolute atomic E-state index is 0.0383. The van der Waals surface area contributed by atoms with E-state index in [1.165, 1.54) is 30.6 Å². The van der Waals surface area contributed by atoms with Crippen molar-refractivity contribution >= 4 is 26.6 Å². The van der Waals surface area contributed by atoms with Gasteiger partial charge in [-0.1, -0.05) is 6.07 Å². The molecule has 32 heavy (non-hydrogen) atoms. The monoisotopic (exact) mass is 453 g/mol. The van der Waals surface area contributed by atoms with E-state index in [-0.39, 0.29) is 16.8 Å². The highest BCUT2D eigenvalue weighted by Gasteiger charge is 2.15. The number of hydrogen-bond acceptors (Lipinski definition) is 6. The van der Waals surface area contributed by atoms with Crippen LogP contribution >= 0.6 is 0 Å². The molecule has 0 radical (unpaired) electrons. The molecule has 0 atom stereocenters. The molecule has 4 rings (SSSR count). The first-order valence-corrected chi connectivity index (χ1v) is 11.7. The van der Waals surface area contributed by atoms with E-state index in [0.29, 0.717) is 41.5 Å². The average Bonchev–Trinajstić information content (AvgIpc) is 3.21. The van der Waals surface area contributed by atoms with Gasteiger partial charge in [0.25, 0.3) is 5.91 Å². The maximum Gasteiger partial charge on any atom is 0.253 e. The van der Waals surface area contributed by atoms with Gasteiger partial charge in [0.1, 0.15) is 5.82 Å². The molecule has 164 valence electrons. The Morgan fingerprint density at radius 2 is 1.84 bits per heavy atom.